The van der Waals surface area contributed by atoms with E-state index in [1.165, 1.54) is 18.2 Å². The van der Waals surface area contributed by atoms with E-state index in [4.69, 9.17) is 33.0 Å². The molecule has 11 heteroatoms. The van der Waals surface area contributed by atoms with Crippen molar-refractivity contribution in [2.24, 2.45) is 0 Å². The molecule has 4 aromatic rings. The standard InChI is InChI=1S/C33H31Cl2FN4O4/c1-33(32(43)37-20-8-5-7-19(34)16-20)27(23-11-6-12-24(35)28(23)36)29-26(39(33)21-9-3-2-4-10-21)17-44-30-22-14-13-18(31(41)42)15-25(22)38-40(29)30/h5-8,11-16,21,26-27,29H,2-4,9-10,17H2,1H3,(H,37,43)(H,41,42)/t26-,27-,29+,33+/m0/s1. The maximum atomic E-state index is 16.2. The van der Waals surface area contributed by atoms with Crippen LogP contribution in [0.2, 0.25) is 10.0 Å². The van der Waals surface area contributed by atoms with Crippen LogP contribution >= 0.6 is 23.2 Å². The lowest BCUT2D eigenvalue weighted by Gasteiger charge is -2.45. The van der Waals surface area contributed by atoms with E-state index in [1.807, 2.05) is 6.92 Å². The van der Waals surface area contributed by atoms with Crippen molar-refractivity contribution in [3.05, 3.63) is 87.7 Å². The number of halogens is 3. The van der Waals surface area contributed by atoms with Crippen LogP contribution in [0, 0.1) is 5.82 Å². The van der Waals surface area contributed by atoms with Crippen LogP contribution in [0.3, 0.4) is 0 Å². The summed E-state index contributed by atoms with van der Waals surface area (Å²) < 4.78 is 24.3. The number of nitrogens with zero attached hydrogens (tertiary/aromatic N) is 3. The highest BCUT2D eigenvalue weighted by atomic mass is 35.5. The first-order valence-electron chi connectivity index (χ1n) is 14.9. The Bertz CT molecular complexity index is 1790. The summed E-state index contributed by atoms with van der Waals surface area (Å²) in [6.07, 6.45) is 4.95. The van der Waals surface area contributed by atoms with Crippen LogP contribution < -0.4 is 10.1 Å². The number of anilines is 1. The molecule has 3 aliphatic rings. The minimum absolute atomic E-state index is 0.0308. The number of carboxylic acid groups (broad SMARTS) is 1. The van der Waals surface area contributed by atoms with E-state index in [0.717, 1.165) is 32.1 Å². The number of fused-ring (bicyclic) bond motifs is 5. The van der Waals surface area contributed by atoms with Gasteiger partial charge >= 0.3 is 5.97 Å². The number of aromatic nitrogens is 2. The van der Waals surface area contributed by atoms with Crippen LogP contribution in [0.5, 0.6) is 5.88 Å². The van der Waals surface area contributed by atoms with Gasteiger partial charge in [-0.2, -0.15) is 5.10 Å². The van der Waals surface area contributed by atoms with Gasteiger partial charge in [0.1, 0.15) is 18.0 Å². The molecule has 2 fully saturated rings. The van der Waals surface area contributed by atoms with Crippen molar-refractivity contribution in [3.8, 4) is 5.88 Å². The van der Waals surface area contributed by atoms with E-state index >= 15 is 4.39 Å². The molecule has 3 aromatic carbocycles. The number of likely N-dealkylation sites (tertiary alicyclic amines) is 1. The number of aromatic carboxylic acids is 1. The maximum Gasteiger partial charge on any atom is 0.335 e. The van der Waals surface area contributed by atoms with Gasteiger partial charge < -0.3 is 15.2 Å². The maximum absolute atomic E-state index is 16.2. The predicted molar refractivity (Wildman–Crippen MR) is 166 cm³/mol. The van der Waals surface area contributed by atoms with Crippen molar-refractivity contribution in [1.29, 1.82) is 0 Å². The number of hydrogen-bond donors (Lipinski definition) is 2. The number of hydrogen-bond acceptors (Lipinski definition) is 5. The SMILES string of the molecule is C[C@]1(C(=O)Nc2cccc(Cl)c2)[C@@H](c2cccc(Cl)c2F)[C@H]2[C@H](COc3c4ccc(C(=O)O)cc4nn32)N1C1CCCCC1. The summed E-state index contributed by atoms with van der Waals surface area (Å²) >= 11 is 12.6. The van der Waals surface area contributed by atoms with Crippen LogP contribution in [0.15, 0.2) is 60.7 Å². The van der Waals surface area contributed by atoms with Crippen LogP contribution in [-0.4, -0.2) is 55.9 Å². The fourth-order valence-corrected chi connectivity index (χ4v) is 8.14. The fraction of sp³-hybridized carbons (Fsp3) is 0.364. The summed E-state index contributed by atoms with van der Waals surface area (Å²) in [5, 5.41) is 18.7. The first kappa shape index (κ1) is 29.1. The molecule has 1 amide bonds. The van der Waals surface area contributed by atoms with Crippen molar-refractivity contribution >= 4 is 51.7 Å². The van der Waals surface area contributed by atoms with Gasteiger partial charge in [-0.3, -0.25) is 9.69 Å². The molecule has 0 unspecified atom stereocenters. The number of ether oxygens (including phenoxy) is 1. The molecular formula is C33H31Cl2FN4O4. The molecule has 2 N–H and O–H groups in total. The van der Waals surface area contributed by atoms with Crippen molar-refractivity contribution in [1.82, 2.24) is 14.7 Å². The molecule has 1 aromatic heterocycles. The summed E-state index contributed by atoms with van der Waals surface area (Å²) in [5.41, 5.74) is 0.138. The number of benzene rings is 3. The Morgan fingerprint density at radius 1 is 1.07 bits per heavy atom. The van der Waals surface area contributed by atoms with Gasteiger partial charge in [-0.05, 0) is 67.8 Å². The monoisotopic (exact) mass is 636 g/mol. The largest absolute Gasteiger partial charge is 0.478 e. The number of amides is 1. The van der Waals surface area contributed by atoms with Crippen LogP contribution in [-0.2, 0) is 4.79 Å². The van der Waals surface area contributed by atoms with Crippen molar-refractivity contribution in [2.75, 3.05) is 11.9 Å². The average molecular weight is 638 g/mol. The van der Waals surface area contributed by atoms with Crippen LogP contribution in [0.25, 0.3) is 10.9 Å². The molecule has 0 spiro atoms. The first-order chi connectivity index (χ1) is 21.2. The first-order valence-corrected chi connectivity index (χ1v) is 15.6. The average Bonchev–Trinajstić information content (AvgIpc) is 3.51. The molecule has 0 radical (unpaired) electrons. The molecule has 228 valence electrons. The predicted octanol–water partition coefficient (Wildman–Crippen LogP) is 7.31. The van der Waals surface area contributed by atoms with Gasteiger partial charge in [-0.1, -0.05) is 60.7 Å². The van der Waals surface area contributed by atoms with Gasteiger partial charge in [0.05, 0.1) is 33.6 Å². The Morgan fingerprint density at radius 2 is 1.84 bits per heavy atom. The van der Waals surface area contributed by atoms with E-state index in [2.05, 4.69) is 10.2 Å². The molecule has 7 rings (SSSR count). The zero-order valence-corrected chi connectivity index (χ0v) is 25.5. The lowest BCUT2D eigenvalue weighted by atomic mass is 9.76. The van der Waals surface area contributed by atoms with E-state index in [-0.39, 0.29) is 35.2 Å². The molecule has 1 saturated heterocycles. The quantitative estimate of drug-likeness (QED) is 0.238. The van der Waals surface area contributed by atoms with Gasteiger partial charge in [-0.25, -0.2) is 13.9 Å². The van der Waals surface area contributed by atoms with E-state index in [9.17, 15) is 14.7 Å². The van der Waals surface area contributed by atoms with E-state index in [0.29, 0.717) is 33.1 Å². The normalized spacial score (nSPS) is 25.3. The number of rotatable bonds is 5. The Labute approximate surface area is 263 Å². The van der Waals surface area contributed by atoms with Crippen molar-refractivity contribution in [3.63, 3.8) is 0 Å². The smallest absolute Gasteiger partial charge is 0.335 e. The number of nitrogens with one attached hydrogen (secondary N) is 1. The number of carbonyl (C=O) groups excluding carboxylic acids is 1. The second-order valence-electron chi connectivity index (χ2n) is 12.1. The summed E-state index contributed by atoms with van der Waals surface area (Å²) in [5.74, 6) is -2.21. The molecule has 1 aliphatic carbocycles. The van der Waals surface area contributed by atoms with Gasteiger partial charge in [0.25, 0.3) is 0 Å². The van der Waals surface area contributed by atoms with E-state index in [1.54, 1.807) is 47.1 Å². The highest BCUT2D eigenvalue weighted by Crippen LogP contribution is 2.57. The zero-order valence-electron chi connectivity index (χ0n) is 24.0. The Morgan fingerprint density at radius 3 is 2.59 bits per heavy atom. The summed E-state index contributed by atoms with van der Waals surface area (Å²) in [4.78, 5) is 28.7. The van der Waals surface area contributed by atoms with Gasteiger partial charge in [0, 0.05) is 22.7 Å². The minimum atomic E-state index is -1.26. The third-order valence-corrected chi connectivity index (χ3v) is 10.2. The number of carboxylic acids is 1. The van der Waals surface area contributed by atoms with Crippen molar-refractivity contribution in [2.45, 2.75) is 68.6 Å². The third kappa shape index (κ3) is 4.55. The molecular weight excluding hydrogens is 606 g/mol. The molecule has 2 aliphatic heterocycles. The molecule has 3 heterocycles. The molecule has 44 heavy (non-hydrogen) atoms. The lowest BCUT2D eigenvalue weighted by Crippen LogP contribution is -2.60. The topological polar surface area (TPSA) is 96.7 Å². The Kier molecular flexibility index (Phi) is 7.30. The minimum Gasteiger partial charge on any atom is -0.478 e. The molecule has 1 saturated carbocycles. The zero-order chi connectivity index (χ0) is 30.7. The summed E-state index contributed by atoms with van der Waals surface area (Å²) in [6.45, 7) is 2.14. The van der Waals surface area contributed by atoms with Crippen LogP contribution in [0.1, 0.15) is 66.9 Å². The van der Waals surface area contributed by atoms with E-state index < -0.39 is 29.3 Å². The molecule has 0 bridgehead atoms. The summed E-state index contributed by atoms with van der Waals surface area (Å²) in [7, 11) is 0. The second kappa shape index (κ2) is 11.1. The number of carbonyl (C=O) groups is 2. The Hall–Kier alpha value is -3.66. The highest BCUT2D eigenvalue weighted by Gasteiger charge is 2.65. The van der Waals surface area contributed by atoms with Gasteiger partial charge in [-0.15, -0.1) is 0 Å². The van der Waals surface area contributed by atoms with Gasteiger partial charge in [0.2, 0.25) is 11.8 Å². The van der Waals surface area contributed by atoms with Crippen LogP contribution in [0.4, 0.5) is 10.1 Å². The summed E-state index contributed by atoms with van der Waals surface area (Å²) in [6, 6.07) is 15.8. The third-order valence-electron chi connectivity index (χ3n) is 9.63. The molecule has 4 atom stereocenters. The second-order valence-corrected chi connectivity index (χ2v) is 12.9. The van der Waals surface area contributed by atoms with Gasteiger partial charge in [0.15, 0.2) is 0 Å². The Balaban J connectivity index is 1.45. The lowest BCUT2D eigenvalue weighted by molar-refractivity contribution is -0.129. The highest BCUT2D eigenvalue weighted by molar-refractivity contribution is 6.31. The van der Waals surface area contributed by atoms with Crippen molar-refractivity contribution < 1.29 is 23.8 Å². The fourth-order valence-electron chi connectivity index (χ4n) is 7.77. The molecule has 8 nitrogen and oxygen atoms in total.